The average molecular weight is 426 g/mol. The van der Waals surface area contributed by atoms with Crippen molar-refractivity contribution >= 4 is 12.0 Å². The Morgan fingerprint density at radius 1 is 1.16 bits per heavy atom. The number of rotatable bonds is 6. The molecule has 0 spiro atoms. The van der Waals surface area contributed by atoms with E-state index >= 15 is 0 Å². The molecule has 1 aliphatic heterocycles. The highest BCUT2D eigenvalue weighted by atomic mass is 16.5. The van der Waals surface area contributed by atoms with Crippen LogP contribution in [-0.2, 0) is 9.53 Å². The summed E-state index contributed by atoms with van der Waals surface area (Å²) in [6, 6.07) is 22.7. The van der Waals surface area contributed by atoms with E-state index in [0.717, 1.165) is 47.7 Å². The Hall–Kier alpha value is -3.62. The number of nitrogens with one attached hydrogen (secondary N) is 1. The summed E-state index contributed by atoms with van der Waals surface area (Å²) in [6.45, 7) is 5.20. The molecule has 1 fully saturated rings. The molecule has 2 aromatic carbocycles. The molecule has 1 atom stereocenters. The Kier molecular flexibility index (Phi) is 6.53. The first-order valence-corrected chi connectivity index (χ1v) is 10.9. The van der Waals surface area contributed by atoms with Gasteiger partial charge >= 0.3 is 0 Å². The van der Waals surface area contributed by atoms with Gasteiger partial charge in [0.1, 0.15) is 11.6 Å². The van der Waals surface area contributed by atoms with E-state index in [1.54, 1.807) is 6.08 Å². The van der Waals surface area contributed by atoms with Crippen LogP contribution in [0.5, 0.6) is 0 Å². The second-order valence-electron chi connectivity index (χ2n) is 8.09. The summed E-state index contributed by atoms with van der Waals surface area (Å²) < 4.78 is 7.68. The number of amides is 1. The van der Waals surface area contributed by atoms with Gasteiger partial charge in [0.05, 0.1) is 6.10 Å². The fraction of sp³-hybridized carbons (Fsp3) is 0.259. The third-order valence-corrected chi connectivity index (χ3v) is 5.88. The number of aryl methyl sites for hydroxylation is 1. The monoisotopic (exact) mass is 425 g/mol. The van der Waals surface area contributed by atoms with E-state index in [4.69, 9.17) is 4.74 Å². The summed E-state index contributed by atoms with van der Waals surface area (Å²) in [7, 11) is 0. The second-order valence-corrected chi connectivity index (χ2v) is 8.09. The summed E-state index contributed by atoms with van der Waals surface area (Å²) in [6.07, 6.45) is 3.67. The molecule has 1 N–H and O–H groups in total. The number of carbonyl (C=O) groups is 1. The number of hydrogen-bond acceptors (Lipinski definition) is 3. The Labute approximate surface area is 189 Å². The van der Waals surface area contributed by atoms with Gasteiger partial charge in [-0.15, -0.1) is 0 Å². The SMILES string of the molecule is Cc1cc(/C=C(\C#N)C(=O)NC[C@H]2CCCO2)c(C)n1-c1ccc(-c2ccccc2)cc1. The van der Waals surface area contributed by atoms with Gasteiger partial charge in [0.2, 0.25) is 0 Å². The number of carbonyl (C=O) groups excluding carboxylic acids is 1. The van der Waals surface area contributed by atoms with Crippen LogP contribution in [0.1, 0.15) is 29.8 Å². The van der Waals surface area contributed by atoms with Crippen molar-refractivity contribution in [1.29, 1.82) is 5.26 Å². The summed E-state index contributed by atoms with van der Waals surface area (Å²) in [4.78, 5) is 12.5. The zero-order chi connectivity index (χ0) is 22.5. The molecule has 32 heavy (non-hydrogen) atoms. The van der Waals surface area contributed by atoms with E-state index in [1.165, 1.54) is 5.56 Å². The number of benzene rings is 2. The summed E-state index contributed by atoms with van der Waals surface area (Å²) in [5, 5.41) is 12.4. The molecule has 1 aliphatic rings. The molecule has 0 aliphatic carbocycles. The van der Waals surface area contributed by atoms with Crippen LogP contribution in [0.3, 0.4) is 0 Å². The second kappa shape index (κ2) is 9.67. The maximum Gasteiger partial charge on any atom is 0.262 e. The molecule has 1 saturated heterocycles. The predicted octanol–water partition coefficient (Wildman–Crippen LogP) is 4.96. The van der Waals surface area contributed by atoms with Crippen LogP contribution in [0.15, 0.2) is 66.2 Å². The van der Waals surface area contributed by atoms with E-state index in [-0.39, 0.29) is 17.6 Å². The fourth-order valence-electron chi connectivity index (χ4n) is 4.18. The van der Waals surface area contributed by atoms with Crippen molar-refractivity contribution in [2.75, 3.05) is 13.2 Å². The van der Waals surface area contributed by atoms with Crippen LogP contribution in [0, 0.1) is 25.2 Å². The molecule has 0 bridgehead atoms. The van der Waals surface area contributed by atoms with E-state index in [0.29, 0.717) is 6.54 Å². The van der Waals surface area contributed by atoms with Crippen LogP contribution in [-0.4, -0.2) is 29.7 Å². The van der Waals surface area contributed by atoms with Crippen molar-refractivity contribution in [1.82, 2.24) is 9.88 Å². The molecular formula is C27H27N3O2. The molecular weight excluding hydrogens is 398 g/mol. The predicted molar refractivity (Wildman–Crippen MR) is 126 cm³/mol. The quantitative estimate of drug-likeness (QED) is 0.448. The van der Waals surface area contributed by atoms with Crippen LogP contribution in [0.25, 0.3) is 22.9 Å². The summed E-state index contributed by atoms with van der Waals surface area (Å²) in [5.41, 5.74) is 6.36. The molecule has 4 rings (SSSR count). The Morgan fingerprint density at radius 2 is 1.88 bits per heavy atom. The first-order chi connectivity index (χ1) is 15.6. The largest absolute Gasteiger partial charge is 0.376 e. The molecule has 0 radical (unpaired) electrons. The molecule has 3 aromatic rings. The van der Waals surface area contributed by atoms with Gasteiger partial charge < -0.3 is 14.6 Å². The number of hydrogen-bond donors (Lipinski definition) is 1. The Bertz CT molecular complexity index is 1160. The highest BCUT2D eigenvalue weighted by molar-refractivity contribution is 6.01. The van der Waals surface area contributed by atoms with Crippen molar-refractivity contribution in [3.05, 3.63) is 83.2 Å². The molecule has 2 heterocycles. The first kappa shape index (κ1) is 21.6. The molecule has 1 amide bonds. The normalized spacial score (nSPS) is 16.0. The lowest BCUT2D eigenvalue weighted by Crippen LogP contribution is -2.32. The van der Waals surface area contributed by atoms with Gasteiger partial charge in [0.25, 0.3) is 5.91 Å². The van der Waals surface area contributed by atoms with E-state index in [9.17, 15) is 10.1 Å². The zero-order valence-corrected chi connectivity index (χ0v) is 18.5. The number of nitrogens with zero attached hydrogens (tertiary/aromatic N) is 2. The number of ether oxygens (including phenoxy) is 1. The molecule has 5 heteroatoms. The minimum Gasteiger partial charge on any atom is -0.376 e. The molecule has 0 unspecified atom stereocenters. The molecule has 162 valence electrons. The Balaban J connectivity index is 1.55. The van der Waals surface area contributed by atoms with Crippen LogP contribution < -0.4 is 5.32 Å². The molecule has 5 nitrogen and oxygen atoms in total. The van der Waals surface area contributed by atoms with Gasteiger partial charge in [-0.05, 0) is 67.7 Å². The van der Waals surface area contributed by atoms with E-state index < -0.39 is 0 Å². The van der Waals surface area contributed by atoms with Crippen molar-refractivity contribution in [3.63, 3.8) is 0 Å². The number of aromatic nitrogens is 1. The van der Waals surface area contributed by atoms with Crippen molar-refractivity contribution in [3.8, 4) is 22.9 Å². The average Bonchev–Trinajstić information content (AvgIpc) is 3.44. The maximum atomic E-state index is 12.5. The highest BCUT2D eigenvalue weighted by Gasteiger charge is 2.18. The summed E-state index contributed by atoms with van der Waals surface area (Å²) in [5.74, 6) is -0.361. The van der Waals surface area contributed by atoms with Crippen molar-refractivity contribution < 1.29 is 9.53 Å². The minimum atomic E-state index is -0.361. The smallest absolute Gasteiger partial charge is 0.262 e. The standard InChI is InChI=1S/C27H27N3O2/c1-19-15-23(16-24(17-28)27(31)29-18-26-9-6-14-32-26)20(2)30(19)25-12-10-22(11-13-25)21-7-4-3-5-8-21/h3-5,7-8,10-13,15-16,26H,6,9,14,18H2,1-2H3,(H,29,31)/b24-16+/t26-/m1/s1. The fourth-order valence-corrected chi connectivity index (χ4v) is 4.18. The minimum absolute atomic E-state index is 0.0443. The Morgan fingerprint density at radius 3 is 2.53 bits per heavy atom. The highest BCUT2D eigenvalue weighted by Crippen LogP contribution is 2.26. The third-order valence-electron chi connectivity index (χ3n) is 5.88. The lowest BCUT2D eigenvalue weighted by atomic mass is 10.1. The maximum absolute atomic E-state index is 12.5. The van der Waals surface area contributed by atoms with Crippen molar-refractivity contribution in [2.45, 2.75) is 32.8 Å². The first-order valence-electron chi connectivity index (χ1n) is 10.9. The number of nitriles is 1. The van der Waals surface area contributed by atoms with Gasteiger partial charge in [-0.3, -0.25) is 4.79 Å². The van der Waals surface area contributed by atoms with E-state index in [2.05, 4.69) is 46.3 Å². The lowest BCUT2D eigenvalue weighted by molar-refractivity contribution is -0.117. The van der Waals surface area contributed by atoms with E-state index in [1.807, 2.05) is 44.2 Å². The van der Waals surface area contributed by atoms with Crippen molar-refractivity contribution in [2.24, 2.45) is 0 Å². The topological polar surface area (TPSA) is 67.1 Å². The van der Waals surface area contributed by atoms with Gasteiger partial charge in [-0.2, -0.15) is 5.26 Å². The summed E-state index contributed by atoms with van der Waals surface area (Å²) >= 11 is 0. The van der Waals surface area contributed by atoms with Crippen LogP contribution in [0.4, 0.5) is 0 Å². The molecule has 0 saturated carbocycles. The van der Waals surface area contributed by atoms with Gasteiger partial charge in [-0.25, -0.2) is 0 Å². The molecule has 1 aromatic heterocycles. The van der Waals surface area contributed by atoms with Gasteiger partial charge in [-0.1, -0.05) is 42.5 Å². The van der Waals surface area contributed by atoms with Crippen LogP contribution >= 0.6 is 0 Å². The van der Waals surface area contributed by atoms with Gasteiger partial charge in [0.15, 0.2) is 0 Å². The lowest BCUT2D eigenvalue weighted by Gasteiger charge is -2.11. The zero-order valence-electron chi connectivity index (χ0n) is 18.5. The third kappa shape index (κ3) is 4.66. The van der Waals surface area contributed by atoms with Gasteiger partial charge in [0, 0.05) is 30.2 Å². The van der Waals surface area contributed by atoms with Crippen LogP contribution in [0.2, 0.25) is 0 Å².